The summed E-state index contributed by atoms with van der Waals surface area (Å²) in [5.41, 5.74) is 3.92. The van der Waals surface area contributed by atoms with E-state index in [9.17, 15) is 9.59 Å². The zero-order chi connectivity index (χ0) is 20.7. The fourth-order valence-corrected chi connectivity index (χ4v) is 5.12. The molecule has 30 heavy (non-hydrogen) atoms. The molecule has 0 atom stereocenters. The fourth-order valence-electron chi connectivity index (χ4n) is 4.16. The van der Waals surface area contributed by atoms with Crippen molar-refractivity contribution in [3.63, 3.8) is 0 Å². The molecule has 0 fully saturated rings. The van der Waals surface area contributed by atoms with Crippen LogP contribution in [-0.2, 0) is 22.6 Å². The van der Waals surface area contributed by atoms with E-state index in [1.165, 1.54) is 21.8 Å². The zero-order valence-corrected chi connectivity index (χ0v) is 17.7. The van der Waals surface area contributed by atoms with Crippen LogP contribution in [0.1, 0.15) is 22.4 Å². The van der Waals surface area contributed by atoms with E-state index in [1.807, 2.05) is 58.8 Å². The highest BCUT2D eigenvalue weighted by Gasteiger charge is 2.43. The Morgan fingerprint density at radius 3 is 2.53 bits per heavy atom. The average molecular weight is 435 g/mol. The Kier molecular flexibility index (Phi) is 4.93. The van der Waals surface area contributed by atoms with Crippen LogP contribution in [-0.4, -0.2) is 23.3 Å². The smallest absolute Gasteiger partial charge is 0.278 e. The lowest BCUT2D eigenvalue weighted by atomic mass is 10.00. The number of halogens is 1. The van der Waals surface area contributed by atoms with Crippen LogP contribution < -0.4 is 4.90 Å². The number of para-hydroxylation sites is 1. The van der Waals surface area contributed by atoms with Gasteiger partial charge in [0.05, 0.1) is 12.1 Å². The summed E-state index contributed by atoms with van der Waals surface area (Å²) in [5, 5.41) is 2.48. The second-order valence-electron chi connectivity index (χ2n) is 7.37. The van der Waals surface area contributed by atoms with Crippen LogP contribution in [0.15, 0.2) is 71.7 Å². The van der Waals surface area contributed by atoms with Gasteiger partial charge in [-0.25, -0.2) is 0 Å². The van der Waals surface area contributed by atoms with Gasteiger partial charge in [0, 0.05) is 22.1 Å². The molecule has 5 rings (SSSR count). The van der Waals surface area contributed by atoms with E-state index in [0.29, 0.717) is 22.8 Å². The molecule has 2 aliphatic rings. The first-order valence-corrected chi connectivity index (χ1v) is 11.1. The van der Waals surface area contributed by atoms with Gasteiger partial charge in [-0.3, -0.25) is 14.5 Å². The van der Waals surface area contributed by atoms with Crippen LogP contribution in [0.5, 0.6) is 0 Å². The summed E-state index contributed by atoms with van der Waals surface area (Å²) in [6.45, 7) is 0.866. The summed E-state index contributed by atoms with van der Waals surface area (Å²) in [7, 11) is 0. The monoisotopic (exact) mass is 434 g/mol. The molecule has 0 saturated carbocycles. The number of carbonyl (C=O) groups is 2. The average Bonchev–Trinajstić information content (AvgIpc) is 3.37. The second kappa shape index (κ2) is 7.74. The third-order valence-electron chi connectivity index (χ3n) is 5.58. The third-order valence-corrected chi connectivity index (χ3v) is 6.83. The maximum atomic E-state index is 13.6. The molecular formula is C24H19ClN2O2S. The van der Waals surface area contributed by atoms with Gasteiger partial charge in [0.25, 0.3) is 11.8 Å². The molecule has 4 nitrogen and oxygen atoms in total. The Balaban J connectivity index is 1.61. The first-order valence-electron chi connectivity index (χ1n) is 9.88. The summed E-state index contributed by atoms with van der Waals surface area (Å²) >= 11 is 7.79. The Bertz CT molecular complexity index is 1170. The van der Waals surface area contributed by atoms with Gasteiger partial charge in [0.15, 0.2) is 0 Å². The molecule has 2 aromatic carbocycles. The van der Waals surface area contributed by atoms with Crippen LogP contribution in [0, 0.1) is 0 Å². The van der Waals surface area contributed by atoms with Crippen LogP contribution >= 0.6 is 22.9 Å². The van der Waals surface area contributed by atoms with Gasteiger partial charge in [-0.15, -0.1) is 11.3 Å². The van der Waals surface area contributed by atoms with Crippen LogP contribution in [0.25, 0.3) is 5.57 Å². The molecule has 6 heteroatoms. The number of aryl methyl sites for hydroxylation is 1. The van der Waals surface area contributed by atoms with E-state index in [2.05, 4.69) is 6.07 Å². The second-order valence-corrected chi connectivity index (χ2v) is 8.73. The fraction of sp³-hybridized carbons (Fsp3) is 0.167. The molecular weight excluding hydrogens is 416 g/mol. The normalized spacial score (nSPS) is 16.4. The minimum absolute atomic E-state index is 0.158. The van der Waals surface area contributed by atoms with Crippen LogP contribution in [0.2, 0.25) is 5.02 Å². The highest BCUT2D eigenvalue weighted by atomic mass is 35.5. The van der Waals surface area contributed by atoms with E-state index < -0.39 is 0 Å². The van der Waals surface area contributed by atoms with Crippen molar-refractivity contribution in [3.8, 4) is 0 Å². The van der Waals surface area contributed by atoms with Crippen molar-refractivity contribution in [1.29, 1.82) is 0 Å². The lowest BCUT2D eigenvalue weighted by Gasteiger charge is -2.32. The van der Waals surface area contributed by atoms with E-state index in [1.54, 1.807) is 6.07 Å². The number of imide groups is 1. The van der Waals surface area contributed by atoms with E-state index in [4.69, 9.17) is 11.6 Å². The lowest BCUT2D eigenvalue weighted by Crippen LogP contribution is -2.36. The van der Waals surface area contributed by atoms with Gasteiger partial charge in [0.1, 0.15) is 5.70 Å². The highest BCUT2D eigenvalue weighted by Crippen LogP contribution is 2.39. The Labute approximate surface area is 184 Å². The first-order chi connectivity index (χ1) is 14.6. The maximum absolute atomic E-state index is 13.6. The number of nitrogens with zero attached hydrogens (tertiary/aromatic N) is 2. The van der Waals surface area contributed by atoms with Crippen molar-refractivity contribution in [2.24, 2.45) is 0 Å². The molecule has 0 aliphatic carbocycles. The summed E-state index contributed by atoms with van der Waals surface area (Å²) < 4.78 is 0. The van der Waals surface area contributed by atoms with Crippen LogP contribution in [0.3, 0.4) is 0 Å². The minimum atomic E-state index is -0.264. The standard InChI is InChI=1S/C24H19ClN2O2S/c25-18-10-3-1-8-17(18)15-27-23(28)21(20-12-6-14-30-20)22(24(27)29)26-13-5-9-16-7-2-4-11-19(16)26/h1-4,6-8,10-12,14H,5,9,13,15H2. The molecule has 3 aromatic rings. The number of amides is 2. The molecule has 2 amide bonds. The van der Waals surface area contributed by atoms with E-state index >= 15 is 0 Å². The van der Waals surface area contributed by atoms with Gasteiger partial charge < -0.3 is 4.90 Å². The SMILES string of the molecule is O=C1C(c2cccs2)=C(N2CCCc3ccccc32)C(=O)N1Cc1ccccc1Cl. The molecule has 2 aliphatic heterocycles. The molecule has 150 valence electrons. The van der Waals surface area contributed by atoms with Gasteiger partial charge in [0.2, 0.25) is 0 Å². The Morgan fingerprint density at radius 1 is 0.933 bits per heavy atom. The topological polar surface area (TPSA) is 40.6 Å². The molecule has 0 saturated heterocycles. The Hall–Kier alpha value is -2.89. The van der Waals surface area contributed by atoms with Crippen molar-refractivity contribution in [2.45, 2.75) is 19.4 Å². The first kappa shape index (κ1) is 19.1. The number of hydrogen-bond acceptors (Lipinski definition) is 4. The molecule has 0 N–H and O–H groups in total. The van der Waals surface area contributed by atoms with Crippen molar-refractivity contribution in [2.75, 3.05) is 11.4 Å². The highest BCUT2D eigenvalue weighted by molar-refractivity contribution is 7.11. The van der Waals surface area contributed by atoms with Crippen molar-refractivity contribution in [3.05, 3.63) is 92.8 Å². The zero-order valence-electron chi connectivity index (χ0n) is 16.2. The molecule has 0 unspecified atom stereocenters. The maximum Gasteiger partial charge on any atom is 0.278 e. The van der Waals surface area contributed by atoms with Crippen molar-refractivity contribution in [1.82, 2.24) is 4.90 Å². The Morgan fingerprint density at radius 2 is 1.73 bits per heavy atom. The van der Waals surface area contributed by atoms with Gasteiger partial charge >= 0.3 is 0 Å². The van der Waals surface area contributed by atoms with Gasteiger partial charge in [-0.1, -0.05) is 54.1 Å². The number of rotatable bonds is 4. The minimum Gasteiger partial charge on any atom is -0.336 e. The number of benzene rings is 2. The van der Waals surface area contributed by atoms with E-state index in [-0.39, 0.29) is 18.4 Å². The van der Waals surface area contributed by atoms with Gasteiger partial charge in [-0.05, 0) is 47.5 Å². The largest absolute Gasteiger partial charge is 0.336 e. The number of carbonyl (C=O) groups excluding carboxylic acids is 2. The summed E-state index contributed by atoms with van der Waals surface area (Å²) in [6.07, 6.45) is 1.91. The number of thiophene rings is 1. The van der Waals surface area contributed by atoms with Crippen LogP contribution in [0.4, 0.5) is 5.69 Å². The summed E-state index contributed by atoms with van der Waals surface area (Å²) in [5.74, 6) is -0.527. The number of fused-ring (bicyclic) bond motifs is 1. The molecule has 3 heterocycles. The summed E-state index contributed by atoms with van der Waals surface area (Å²) in [4.78, 5) is 31.3. The molecule has 1 aromatic heterocycles. The van der Waals surface area contributed by atoms with Crippen molar-refractivity contribution < 1.29 is 9.59 Å². The lowest BCUT2D eigenvalue weighted by molar-refractivity contribution is -0.137. The molecule has 0 spiro atoms. The third kappa shape index (κ3) is 3.15. The van der Waals surface area contributed by atoms with E-state index in [0.717, 1.165) is 29.0 Å². The molecule has 0 radical (unpaired) electrons. The predicted molar refractivity (Wildman–Crippen MR) is 120 cm³/mol. The number of anilines is 1. The predicted octanol–water partition coefficient (Wildman–Crippen LogP) is 5.13. The number of hydrogen-bond donors (Lipinski definition) is 0. The molecule has 0 bridgehead atoms. The quantitative estimate of drug-likeness (QED) is 0.534. The van der Waals surface area contributed by atoms with Gasteiger partial charge in [-0.2, -0.15) is 0 Å². The van der Waals surface area contributed by atoms with Crippen molar-refractivity contribution >= 4 is 46.0 Å². The summed E-state index contributed by atoms with van der Waals surface area (Å²) in [6, 6.07) is 19.3.